The van der Waals surface area contributed by atoms with E-state index >= 15 is 0 Å². The Morgan fingerprint density at radius 1 is 1.12 bits per heavy atom. The molecule has 1 saturated heterocycles. The van der Waals surface area contributed by atoms with Crippen LogP contribution in [0.4, 0.5) is 0 Å². The maximum absolute atomic E-state index is 13.8. The number of thiazole rings is 1. The summed E-state index contributed by atoms with van der Waals surface area (Å²) in [5.74, 6) is -0.858. The van der Waals surface area contributed by atoms with Gasteiger partial charge in [0.05, 0.1) is 22.2 Å². The minimum absolute atomic E-state index is 0.0535. The second-order valence-electron chi connectivity index (χ2n) is 12.3. The van der Waals surface area contributed by atoms with E-state index in [-0.39, 0.29) is 30.7 Å². The van der Waals surface area contributed by atoms with Gasteiger partial charge in [-0.2, -0.15) is 0 Å². The van der Waals surface area contributed by atoms with Crippen molar-refractivity contribution < 1.29 is 24.2 Å². The average molecular weight is 680 g/mol. The van der Waals surface area contributed by atoms with Crippen molar-refractivity contribution in [1.29, 1.82) is 0 Å². The summed E-state index contributed by atoms with van der Waals surface area (Å²) in [6.45, 7) is 9.45. The van der Waals surface area contributed by atoms with Gasteiger partial charge in [-0.05, 0) is 49.1 Å². The number of β-amino-alcohol motifs (C(OH)–C–C–N with tert-alkyl or cyclic N) is 1. The number of benzene rings is 1. The number of alkyl halides is 1. The Hall–Kier alpha value is -2.34. The largest absolute Gasteiger partial charge is 0.391 e. The average Bonchev–Trinajstić information content (AvgIpc) is 3.58. The van der Waals surface area contributed by atoms with E-state index in [1.54, 1.807) is 11.3 Å². The predicted molar refractivity (Wildman–Crippen MR) is 174 cm³/mol. The van der Waals surface area contributed by atoms with Crippen LogP contribution >= 0.6 is 27.3 Å². The van der Waals surface area contributed by atoms with Crippen molar-refractivity contribution in [2.45, 2.75) is 97.4 Å². The lowest BCUT2D eigenvalue weighted by molar-refractivity contribution is -0.144. The Balaban J connectivity index is 1.52. The van der Waals surface area contributed by atoms with Crippen LogP contribution in [-0.4, -0.2) is 76.0 Å². The fourth-order valence-electron chi connectivity index (χ4n) is 5.08. The second kappa shape index (κ2) is 17.2. The number of halogens is 1. The first-order valence-electron chi connectivity index (χ1n) is 15.2. The summed E-state index contributed by atoms with van der Waals surface area (Å²) >= 11 is 5.00. The van der Waals surface area contributed by atoms with Crippen LogP contribution in [0, 0.1) is 12.3 Å². The highest BCUT2D eigenvalue weighted by Crippen LogP contribution is 2.28. The predicted octanol–water partition coefficient (Wildman–Crippen LogP) is 4.98. The van der Waals surface area contributed by atoms with Crippen LogP contribution in [0.2, 0.25) is 0 Å². The molecule has 11 heteroatoms. The molecule has 1 aromatic heterocycles. The molecule has 3 amide bonds. The lowest BCUT2D eigenvalue weighted by Crippen LogP contribution is -2.57. The van der Waals surface area contributed by atoms with E-state index < -0.39 is 23.6 Å². The monoisotopic (exact) mass is 678 g/mol. The molecule has 2 heterocycles. The van der Waals surface area contributed by atoms with Crippen molar-refractivity contribution in [2.24, 2.45) is 5.41 Å². The van der Waals surface area contributed by atoms with Gasteiger partial charge < -0.3 is 25.4 Å². The molecule has 1 fully saturated rings. The number of carbonyl (C=O) groups is 3. The Bertz CT molecular complexity index is 1180. The summed E-state index contributed by atoms with van der Waals surface area (Å²) in [4.78, 5) is 46.7. The first-order chi connectivity index (χ1) is 20.5. The van der Waals surface area contributed by atoms with Crippen molar-refractivity contribution in [2.75, 3.05) is 25.1 Å². The van der Waals surface area contributed by atoms with E-state index in [1.165, 1.54) is 4.90 Å². The van der Waals surface area contributed by atoms with Gasteiger partial charge in [-0.25, -0.2) is 4.98 Å². The first kappa shape index (κ1) is 35.1. The molecule has 0 spiro atoms. The summed E-state index contributed by atoms with van der Waals surface area (Å²) in [7, 11) is 0. The second-order valence-corrected chi connectivity index (χ2v) is 13.9. The van der Waals surface area contributed by atoms with Gasteiger partial charge in [0.2, 0.25) is 17.7 Å². The number of aliphatic hydroxyl groups is 1. The highest BCUT2D eigenvalue weighted by atomic mass is 79.9. The molecule has 0 saturated carbocycles. The van der Waals surface area contributed by atoms with Crippen LogP contribution in [0.5, 0.6) is 0 Å². The van der Waals surface area contributed by atoms with Gasteiger partial charge in [0.15, 0.2) is 0 Å². The molecular weight excluding hydrogens is 632 g/mol. The minimum atomic E-state index is -0.818. The highest BCUT2D eigenvalue weighted by Gasteiger charge is 2.44. The van der Waals surface area contributed by atoms with Crippen molar-refractivity contribution in [3.63, 3.8) is 0 Å². The molecule has 43 heavy (non-hydrogen) atoms. The Kier molecular flexibility index (Phi) is 14.1. The van der Waals surface area contributed by atoms with Gasteiger partial charge in [-0.3, -0.25) is 14.4 Å². The van der Waals surface area contributed by atoms with Gasteiger partial charge >= 0.3 is 0 Å². The zero-order valence-corrected chi connectivity index (χ0v) is 28.3. The molecule has 9 nitrogen and oxygen atoms in total. The molecule has 2 aromatic rings. The van der Waals surface area contributed by atoms with Gasteiger partial charge in [0, 0.05) is 44.5 Å². The summed E-state index contributed by atoms with van der Waals surface area (Å²) in [5.41, 5.74) is 4.23. The van der Waals surface area contributed by atoms with Gasteiger partial charge in [-0.1, -0.05) is 67.4 Å². The number of rotatable bonds is 16. The number of aromatic nitrogens is 1. The third kappa shape index (κ3) is 11.0. The molecule has 3 rings (SSSR count). The van der Waals surface area contributed by atoms with Crippen molar-refractivity contribution in [3.05, 3.63) is 41.0 Å². The fraction of sp³-hybridized carbons (Fsp3) is 0.625. The van der Waals surface area contributed by atoms with Crippen LogP contribution in [0.15, 0.2) is 29.8 Å². The summed E-state index contributed by atoms with van der Waals surface area (Å²) in [6, 6.07) is 6.32. The number of carbonyl (C=O) groups excluding carboxylic acids is 3. The number of hydrogen-bond acceptors (Lipinski definition) is 7. The number of nitrogens with zero attached hydrogens (tertiary/aromatic N) is 2. The fourth-order valence-corrected chi connectivity index (χ4v) is 6.29. The lowest BCUT2D eigenvalue weighted by atomic mass is 9.85. The maximum Gasteiger partial charge on any atom is 0.246 e. The molecule has 2 unspecified atom stereocenters. The SMILES string of the molecule is Cc1ncsc1-c1ccc(CNC(=O)C2CC(O)CN2C(=O)[C@@H](NC(=O)CCCCCOCCCCBr)C(C)(C)C)cc1. The number of ether oxygens (including phenoxy) is 1. The van der Waals surface area contributed by atoms with Crippen LogP contribution in [-0.2, 0) is 25.7 Å². The van der Waals surface area contributed by atoms with Gasteiger partial charge in [-0.15, -0.1) is 11.3 Å². The zero-order chi connectivity index (χ0) is 31.4. The standard InChI is InChI=1S/C32H47BrN4O5S/c1-22-28(43-21-35-22)24-13-11-23(12-14-24)19-34-30(40)26-18-25(38)20-37(26)31(41)29(32(2,3)4)36-27(39)10-6-5-8-16-42-17-9-7-15-33/h11-14,21,25-26,29,38H,5-10,15-20H2,1-4H3,(H,34,40)(H,36,39)/t25?,26?,29-/m1/s1. The van der Waals surface area contributed by atoms with E-state index in [2.05, 4.69) is 31.5 Å². The molecule has 3 atom stereocenters. The Labute approximate surface area is 268 Å². The summed E-state index contributed by atoms with van der Waals surface area (Å²) in [6.07, 6.45) is 4.27. The van der Waals surface area contributed by atoms with Gasteiger partial charge in [0.25, 0.3) is 0 Å². The molecule has 0 radical (unpaired) electrons. The lowest BCUT2D eigenvalue weighted by Gasteiger charge is -2.35. The van der Waals surface area contributed by atoms with Crippen LogP contribution in [0.1, 0.15) is 77.0 Å². The third-order valence-electron chi connectivity index (χ3n) is 7.58. The molecule has 0 aliphatic carbocycles. The number of amides is 3. The number of nitrogens with one attached hydrogen (secondary N) is 2. The van der Waals surface area contributed by atoms with E-state index in [9.17, 15) is 19.5 Å². The number of aryl methyl sites for hydroxylation is 1. The maximum atomic E-state index is 13.8. The normalized spacial score (nSPS) is 17.6. The molecule has 1 aromatic carbocycles. The Morgan fingerprint density at radius 3 is 2.44 bits per heavy atom. The van der Waals surface area contributed by atoms with Gasteiger partial charge in [0.1, 0.15) is 12.1 Å². The van der Waals surface area contributed by atoms with Crippen LogP contribution < -0.4 is 10.6 Å². The minimum Gasteiger partial charge on any atom is -0.391 e. The third-order valence-corrected chi connectivity index (χ3v) is 9.11. The number of unbranched alkanes of at least 4 members (excludes halogenated alkanes) is 3. The van der Waals surface area contributed by atoms with E-state index in [0.29, 0.717) is 26.0 Å². The highest BCUT2D eigenvalue weighted by molar-refractivity contribution is 9.09. The van der Waals surface area contributed by atoms with E-state index in [4.69, 9.17) is 4.74 Å². The summed E-state index contributed by atoms with van der Waals surface area (Å²) in [5, 5.41) is 17.3. The number of hydrogen-bond donors (Lipinski definition) is 3. The first-order valence-corrected chi connectivity index (χ1v) is 17.2. The van der Waals surface area contributed by atoms with Crippen molar-refractivity contribution in [3.8, 4) is 10.4 Å². The number of likely N-dealkylation sites (tertiary alicyclic amines) is 1. The molecule has 0 bridgehead atoms. The molecule has 3 N–H and O–H groups in total. The van der Waals surface area contributed by atoms with Crippen LogP contribution in [0.25, 0.3) is 10.4 Å². The molecule has 1 aliphatic rings. The molecular formula is C32H47BrN4O5S. The quantitative estimate of drug-likeness (QED) is 0.170. The zero-order valence-electron chi connectivity index (χ0n) is 25.9. The summed E-state index contributed by atoms with van der Waals surface area (Å²) < 4.78 is 5.62. The number of aliphatic hydroxyl groups excluding tert-OH is 1. The topological polar surface area (TPSA) is 121 Å². The van der Waals surface area contributed by atoms with Crippen LogP contribution in [0.3, 0.4) is 0 Å². The molecule has 1 aliphatic heterocycles. The molecule has 238 valence electrons. The van der Waals surface area contributed by atoms with E-state index in [0.717, 1.165) is 59.3 Å². The van der Waals surface area contributed by atoms with Crippen molar-refractivity contribution in [1.82, 2.24) is 20.5 Å². The van der Waals surface area contributed by atoms with E-state index in [1.807, 2.05) is 57.5 Å². The van der Waals surface area contributed by atoms with Crippen molar-refractivity contribution >= 4 is 45.0 Å². The Morgan fingerprint density at radius 2 is 1.81 bits per heavy atom. The smallest absolute Gasteiger partial charge is 0.246 e.